The average molecular weight is 349 g/mol. The molecule has 1 amide bonds. The summed E-state index contributed by atoms with van der Waals surface area (Å²) in [6.45, 7) is 2.79. The van der Waals surface area contributed by atoms with Crippen LogP contribution in [-0.4, -0.2) is 19.1 Å². The third kappa shape index (κ3) is 4.79. The number of halogens is 1. The molecule has 21 heavy (non-hydrogen) atoms. The van der Waals surface area contributed by atoms with Gasteiger partial charge in [0.2, 0.25) is 5.91 Å². The molecule has 5 heteroatoms. The second-order valence-electron chi connectivity index (χ2n) is 4.34. The van der Waals surface area contributed by atoms with Gasteiger partial charge in [-0.05, 0) is 59.3 Å². The number of benzene rings is 2. The van der Waals surface area contributed by atoms with Gasteiger partial charge in [0.1, 0.15) is 5.75 Å². The van der Waals surface area contributed by atoms with Gasteiger partial charge in [0.15, 0.2) is 0 Å². The summed E-state index contributed by atoms with van der Waals surface area (Å²) in [6, 6.07) is 15.0. The van der Waals surface area contributed by atoms with Crippen molar-refractivity contribution in [3.8, 4) is 5.75 Å². The number of rotatable bonds is 6. The third-order valence-electron chi connectivity index (χ3n) is 2.77. The molecule has 2 aromatic rings. The number of carbonyl (C=O) groups is 1. The molecule has 0 spiro atoms. The summed E-state index contributed by atoms with van der Waals surface area (Å²) in [5.74, 6) is 0.719. The molecule has 0 aromatic heterocycles. The molecule has 0 radical (unpaired) electrons. The van der Waals surface area contributed by atoms with Gasteiger partial charge in [-0.1, -0.05) is 12.1 Å². The lowest BCUT2D eigenvalue weighted by Crippen LogP contribution is -2.21. The second kappa shape index (κ2) is 7.69. The first-order chi connectivity index (χ1) is 10.2. The number of amides is 1. The van der Waals surface area contributed by atoms with Crippen LogP contribution in [0.15, 0.2) is 53.0 Å². The third-order valence-corrected chi connectivity index (χ3v) is 3.46. The zero-order valence-corrected chi connectivity index (χ0v) is 13.3. The molecule has 0 unspecified atom stereocenters. The number of hydrogen-bond acceptors (Lipinski definition) is 3. The maximum Gasteiger partial charge on any atom is 0.243 e. The Morgan fingerprint density at radius 2 is 1.86 bits per heavy atom. The van der Waals surface area contributed by atoms with Crippen molar-refractivity contribution in [2.24, 2.45) is 0 Å². The molecule has 0 saturated carbocycles. The Hall–Kier alpha value is -2.01. The number of para-hydroxylation sites is 1. The van der Waals surface area contributed by atoms with Crippen LogP contribution in [0, 0.1) is 0 Å². The molecule has 2 aromatic carbocycles. The standard InChI is InChI=1S/C16H17BrN2O2/c1-2-21-13-9-7-12(8-10-13)18-11-16(20)19-15-6-4-3-5-14(15)17/h3-10,18H,2,11H2,1H3,(H,19,20). The van der Waals surface area contributed by atoms with Crippen molar-refractivity contribution in [1.82, 2.24) is 0 Å². The van der Waals surface area contributed by atoms with Crippen LogP contribution in [0.3, 0.4) is 0 Å². The van der Waals surface area contributed by atoms with Crippen molar-refractivity contribution in [1.29, 1.82) is 0 Å². The van der Waals surface area contributed by atoms with Crippen LogP contribution in [0.4, 0.5) is 11.4 Å². The lowest BCUT2D eigenvalue weighted by Gasteiger charge is -2.09. The Kier molecular flexibility index (Phi) is 5.63. The first-order valence-electron chi connectivity index (χ1n) is 6.70. The number of nitrogens with one attached hydrogen (secondary N) is 2. The molecule has 4 nitrogen and oxygen atoms in total. The van der Waals surface area contributed by atoms with E-state index in [9.17, 15) is 4.79 Å². The molecule has 0 fully saturated rings. The van der Waals surface area contributed by atoms with Gasteiger partial charge in [-0.2, -0.15) is 0 Å². The van der Waals surface area contributed by atoms with Gasteiger partial charge in [-0.15, -0.1) is 0 Å². The van der Waals surface area contributed by atoms with Crippen molar-refractivity contribution in [3.05, 3.63) is 53.0 Å². The summed E-state index contributed by atoms with van der Waals surface area (Å²) in [4.78, 5) is 11.9. The van der Waals surface area contributed by atoms with Crippen LogP contribution in [0.5, 0.6) is 5.75 Å². The largest absolute Gasteiger partial charge is 0.494 e. The Morgan fingerprint density at radius 1 is 1.14 bits per heavy atom. The molecule has 0 aliphatic heterocycles. The topological polar surface area (TPSA) is 50.4 Å². The fourth-order valence-corrected chi connectivity index (χ4v) is 2.16. The van der Waals surface area contributed by atoms with Gasteiger partial charge < -0.3 is 15.4 Å². The highest BCUT2D eigenvalue weighted by Gasteiger charge is 2.04. The van der Waals surface area contributed by atoms with E-state index in [1.54, 1.807) is 0 Å². The van der Waals surface area contributed by atoms with Crippen LogP contribution < -0.4 is 15.4 Å². The molecule has 0 heterocycles. The maximum atomic E-state index is 11.9. The Balaban J connectivity index is 1.85. The van der Waals surface area contributed by atoms with E-state index in [1.165, 1.54) is 0 Å². The van der Waals surface area contributed by atoms with Crippen molar-refractivity contribution in [3.63, 3.8) is 0 Å². The van der Waals surface area contributed by atoms with E-state index in [0.29, 0.717) is 6.61 Å². The molecule has 0 atom stereocenters. The fourth-order valence-electron chi connectivity index (χ4n) is 1.77. The number of anilines is 2. The molecular weight excluding hydrogens is 332 g/mol. The van der Waals surface area contributed by atoms with E-state index in [2.05, 4.69) is 26.6 Å². The zero-order chi connectivity index (χ0) is 15.1. The van der Waals surface area contributed by atoms with Gasteiger partial charge in [-0.3, -0.25) is 4.79 Å². The van der Waals surface area contributed by atoms with Gasteiger partial charge >= 0.3 is 0 Å². The van der Waals surface area contributed by atoms with Gasteiger partial charge in [0, 0.05) is 10.2 Å². The highest BCUT2D eigenvalue weighted by molar-refractivity contribution is 9.10. The van der Waals surface area contributed by atoms with E-state index in [0.717, 1.165) is 21.6 Å². The van der Waals surface area contributed by atoms with Crippen molar-refractivity contribution < 1.29 is 9.53 Å². The first kappa shape index (κ1) is 15.4. The summed E-state index contributed by atoms with van der Waals surface area (Å²) in [5.41, 5.74) is 1.64. The van der Waals surface area contributed by atoms with E-state index in [-0.39, 0.29) is 12.5 Å². The summed E-state index contributed by atoms with van der Waals surface area (Å²) in [7, 11) is 0. The number of ether oxygens (including phenoxy) is 1. The predicted octanol–water partition coefficient (Wildman–Crippen LogP) is 3.90. The Labute approximate surface area is 132 Å². The summed E-state index contributed by atoms with van der Waals surface area (Å²) in [5, 5.41) is 5.91. The molecular formula is C16H17BrN2O2. The Bertz CT molecular complexity index is 599. The zero-order valence-electron chi connectivity index (χ0n) is 11.7. The molecule has 0 saturated heterocycles. The van der Waals surface area contributed by atoms with Gasteiger partial charge in [-0.25, -0.2) is 0 Å². The quantitative estimate of drug-likeness (QED) is 0.832. The Morgan fingerprint density at radius 3 is 2.52 bits per heavy atom. The molecule has 0 aliphatic rings. The summed E-state index contributed by atoms with van der Waals surface area (Å²) >= 11 is 3.39. The summed E-state index contributed by atoms with van der Waals surface area (Å²) in [6.07, 6.45) is 0. The lowest BCUT2D eigenvalue weighted by molar-refractivity contribution is -0.114. The minimum atomic E-state index is -0.101. The smallest absolute Gasteiger partial charge is 0.243 e. The number of carbonyl (C=O) groups excluding carboxylic acids is 1. The molecule has 110 valence electrons. The predicted molar refractivity (Wildman–Crippen MR) is 88.9 cm³/mol. The SMILES string of the molecule is CCOc1ccc(NCC(=O)Nc2ccccc2Br)cc1. The lowest BCUT2D eigenvalue weighted by atomic mass is 10.3. The van der Waals surface area contributed by atoms with Crippen molar-refractivity contribution in [2.75, 3.05) is 23.8 Å². The van der Waals surface area contributed by atoms with Crippen LogP contribution in [-0.2, 0) is 4.79 Å². The fraction of sp³-hybridized carbons (Fsp3) is 0.188. The van der Waals surface area contributed by atoms with Crippen LogP contribution in [0.25, 0.3) is 0 Å². The molecule has 2 N–H and O–H groups in total. The minimum Gasteiger partial charge on any atom is -0.494 e. The van der Waals surface area contributed by atoms with Crippen LogP contribution >= 0.6 is 15.9 Å². The van der Waals surface area contributed by atoms with Crippen LogP contribution in [0.2, 0.25) is 0 Å². The normalized spacial score (nSPS) is 10.0. The minimum absolute atomic E-state index is 0.101. The summed E-state index contributed by atoms with van der Waals surface area (Å²) < 4.78 is 6.23. The maximum absolute atomic E-state index is 11.9. The molecule has 2 rings (SSSR count). The van der Waals surface area contributed by atoms with Crippen LogP contribution in [0.1, 0.15) is 6.92 Å². The van der Waals surface area contributed by atoms with Crippen molar-refractivity contribution in [2.45, 2.75) is 6.92 Å². The van der Waals surface area contributed by atoms with E-state index in [4.69, 9.17) is 4.74 Å². The highest BCUT2D eigenvalue weighted by Crippen LogP contribution is 2.21. The van der Waals surface area contributed by atoms with Gasteiger partial charge in [0.25, 0.3) is 0 Å². The van der Waals surface area contributed by atoms with Gasteiger partial charge in [0.05, 0.1) is 18.8 Å². The highest BCUT2D eigenvalue weighted by atomic mass is 79.9. The molecule has 0 aliphatic carbocycles. The first-order valence-corrected chi connectivity index (χ1v) is 7.49. The number of hydrogen-bond donors (Lipinski definition) is 2. The van der Waals surface area contributed by atoms with Crippen molar-refractivity contribution >= 4 is 33.2 Å². The second-order valence-corrected chi connectivity index (χ2v) is 5.19. The van der Waals surface area contributed by atoms with E-state index >= 15 is 0 Å². The van der Waals surface area contributed by atoms with E-state index in [1.807, 2.05) is 55.5 Å². The average Bonchev–Trinajstić information content (AvgIpc) is 2.49. The molecule has 0 bridgehead atoms. The van der Waals surface area contributed by atoms with E-state index < -0.39 is 0 Å². The monoisotopic (exact) mass is 348 g/mol.